The second-order valence-corrected chi connectivity index (χ2v) is 9.74. The zero-order valence-electron chi connectivity index (χ0n) is 19.8. The quantitative estimate of drug-likeness (QED) is 0.284. The number of rotatable bonds is 4. The van der Waals surface area contributed by atoms with Crippen molar-refractivity contribution in [1.29, 1.82) is 0 Å². The van der Waals surface area contributed by atoms with Crippen LogP contribution in [0.4, 0.5) is 0 Å². The Labute approximate surface area is 229 Å². The van der Waals surface area contributed by atoms with E-state index in [0.29, 0.717) is 0 Å². The normalized spacial score (nSPS) is 13.3. The van der Waals surface area contributed by atoms with Crippen LogP contribution in [0.15, 0.2) is 93.4 Å². The van der Waals surface area contributed by atoms with Crippen molar-refractivity contribution in [2.45, 2.75) is 46.5 Å². The predicted molar refractivity (Wildman–Crippen MR) is 123 cm³/mol. The largest absolute Gasteiger partial charge is 1.00 e. The summed E-state index contributed by atoms with van der Waals surface area (Å²) in [6.45, 7) is 11.2. The van der Waals surface area contributed by atoms with E-state index in [2.05, 4.69) is 128 Å². The average molecular weight is 532 g/mol. The van der Waals surface area contributed by atoms with Gasteiger partial charge in [0.05, 0.1) is 0 Å². The van der Waals surface area contributed by atoms with Gasteiger partial charge in [-0.15, -0.1) is 0 Å². The van der Waals surface area contributed by atoms with Gasteiger partial charge in [0.15, 0.2) is 0 Å². The molecule has 0 aromatic heterocycles. The van der Waals surface area contributed by atoms with Crippen LogP contribution in [0.5, 0.6) is 0 Å². The molecule has 33 heavy (non-hydrogen) atoms. The van der Waals surface area contributed by atoms with Gasteiger partial charge in [-0.3, -0.25) is 0 Å². The van der Waals surface area contributed by atoms with Gasteiger partial charge in [-0.1, -0.05) is 0 Å². The molecule has 0 aliphatic heterocycles. The van der Waals surface area contributed by atoms with E-state index >= 15 is 0 Å². The summed E-state index contributed by atoms with van der Waals surface area (Å²) in [4.78, 5) is 0. The number of aryl methyl sites for hydroxylation is 3. The van der Waals surface area contributed by atoms with Gasteiger partial charge in [-0.25, -0.2) is 0 Å². The van der Waals surface area contributed by atoms with Crippen molar-refractivity contribution in [1.82, 2.24) is 0 Å². The Morgan fingerprint density at radius 1 is 0.606 bits per heavy atom. The van der Waals surface area contributed by atoms with E-state index in [9.17, 15) is 0 Å². The third kappa shape index (κ3) is 5.37. The molecule has 170 valence electrons. The topological polar surface area (TPSA) is 0 Å². The summed E-state index contributed by atoms with van der Waals surface area (Å²) in [5.41, 5.74) is 12.0. The van der Waals surface area contributed by atoms with Gasteiger partial charge in [0.25, 0.3) is 0 Å². The molecule has 0 heterocycles. The van der Waals surface area contributed by atoms with Gasteiger partial charge in [-0.2, -0.15) is 0 Å². The van der Waals surface area contributed by atoms with Crippen molar-refractivity contribution in [3.63, 3.8) is 0 Å². The first-order valence-electron chi connectivity index (χ1n) is 10.7. The van der Waals surface area contributed by atoms with Crippen LogP contribution in [-0.4, -0.2) is 0 Å². The Kier molecular flexibility index (Phi) is 10.7. The van der Waals surface area contributed by atoms with Gasteiger partial charge >= 0.3 is 194 Å². The summed E-state index contributed by atoms with van der Waals surface area (Å²) in [6.07, 6.45) is 1.06. The molecule has 0 spiro atoms. The Hall–Kier alpha value is -1.28. The minimum absolute atomic E-state index is 0. The molecule has 0 bridgehead atoms. The number of allylic oxidation sites excluding steroid dienone is 4. The Balaban J connectivity index is 0.00000181. The van der Waals surface area contributed by atoms with Crippen molar-refractivity contribution in [3.8, 4) is 0 Å². The Morgan fingerprint density at radius 2 is 0.970 bits per heavy atom. The van der Waals surface area contributed by atoms with Crippen molar-refractivity contribution >= 4 is 0 Å². The van der Waals surface area contributed by atoms with E-state index in [-0.39, 0.29) is 42.6 Å². The zero-order chi connectivity index (χ0) is 21.5. The SMILES string of the molecule is CC1=C(C)C(C(c2cccc(C)c2)(c2cccc(C)c2)c2cccc(C)c2)=[C]([Ti+3])C1.[Cl-].[Cl-].[Cl-]. The van der Waals surface area contributed by atoms with E-state index in [4.69, 9.17) is 0 Å². The number of hydrogen-bond donors (Lipinski definition) is 0. The van der Waals surface area contributed by atoms with Crippen LogP contribution < -0.4 is 37.2 Å². The van der Waals surface area contributed by atoms with Crippen LogP contribution in [0.2, 0.25) is 0 Å². The van der Waals surface area contributed by atoms with Crippen molar-refractivity contribution in [2.75, 3.05) is 0 Å². The fraction of sp³-hybridized carbons (Fsp3) is 0.241. The molecule has 0 nitrogen and oxygen atoms in total. The molecule has 0 radical (unpaired) electrons. The molecule has 3 aromatic rings. The van der Waals surface area contributed by atoms with Crippen molar-refractivity contribution < 1.29 is 57.7 Å². The fourth-order valence-electron chi connectivity index (χ4n) is 5.00. The molecule has 0 unspecified atom stereocenters. The van der Waals surface area contributed by atoms with Gasteiger partial charge in [0.1, 0.15) is 0 Å². The molecular weight excluding hydrogens is 503 g/mol. The first-order chi connectivity index (χ1) is 14.3. The molecular formula is C29H29Cl3Ti. The van der Waals surface area contributed by atoms with E-state index in [1.807, 2.05) is 0 Å². The van der Waals surface area contributed by atoms with E-state index in [0.717, 1.165) is 6.42 Å². The molecule has 3 aromatic carbocycles. The monoisotopic (exact) mass is 530 g/mol. The maximum atomic E-state index is 2.38. The smallest absolute Gasteiger partial charge is 1.00 e. The van der Waals surface area contributed by atoms with Crippen LogP contribution >= 0.6 is 0 Å². The van der Waals surface area contributed by atoms with Gasteiger partial charge < -0.3 is 37.2 Å². The second-order valence-electron chi connectivity index (χ2n) is 8.79. The molecule has 1 aliphatic rings. The summed E-state index contributed by atoms with van der Waals surface area (Å²) in [7, 11) is 0. The maximum Gasteiger partial charge on any atom is -1.00 e. The molecule has 0 fully saturated rings. The first kappa shape index (κ1) is 29.8. The Morgan fingerprint density at radius 3 is 1.24 bits per heavy atom. The summed E-state index contributed by atoms with van der Waals surface area (Å²) in [6, 6.07) is 27.3. The van der Waals surface area contributed by atoms with E-state index in [1.54, 1.807) is 0 Å². The van der Waals surface area contributed by atoms with Gasteiger partial charge in [0, 0.05) is 0 Å². The molecule has 0 saturated carbocycles. The molecule has 4 rings (SSSR count). The molecule has 1 aliphatic carbocycles. The molecule has 0 amide bonds. The van der Waals surface area contributed by atoms with Crippen LogP contribution in [0.3, 0.4) is 0 Å². The maximum absolute atomic E-state index is 2.38. The van der Waals surface area contributed by atoms with Crippen LogP contribution in [-0.2, 0) is 25.9 Å². The Bertz CT molecular complexity index is 1080. The minimum Gasteiger partial charge on any atom is -1.00 e. The summed E-state index contributed by atoms with van der Waals surface area (Å²) >= 11 is 2.32. The number of benzene rings is 3. The van der Waals surface area contributed by atoms with Gasteiger partial charge in [0.2, 0.25) is 0 Å². The van der Waals surface area contributed by atoms with Crippen molar-refractivity contribution in [3.05, 3.63) is 127 Å². The van der Waals surface area contributed by atoms with Crippen LogP contribution in [0.1, 0.15) is 53.6 Å². The fourth-order valence-corrected chi connectivity index (χ4v) is 6.00. The average Bonchev–Trinajstić information content (AvgIpc) is 2.96. The van der Waals surface area contributed by atoms with E-state index in [1.165, 1.54) is 54.0 Å². The minimum atomic E-state index is -0.323. The predicted octanol–water partition coefficient (Wildman–Crippen LogP) is -1.50. The first-order valence-corrected chi connectivity index (χ1v) is 11.5. The standard InChI is InChI=1S/C29H29.3ClH.Ti/c1-20-9-6-12-25(17-20)29(26-13-7-10-21(2)18-26,27-14-8-11-22(3)19-27)28-16-15-23(4)24(28)5;;;;/h6-14,17-19H,15H2,1-5H3;3*1H;/q;;;;+3/p-3. The third-order valence-corrected chi connectivity index (χ3v) is 7.15. The van der Waals surface area contributed by atoms with Crippen LogP contribution in [0.25, 0.3) is 0 Å². The van der Waals surface area contributed by atoms with Gasteiger partial charge in [-0.05, 0) is 0 Å². The molecule has 0 atom stereocenters. The second kappa shape index (κ2) is 11.9. The van der Waals surface area contributed by atoms with Crippen molar-refractivity contribution in [2.24, 2.45) is 0 Å². The number of hydrogen-bond acceptors (Lipinski definition) is 0. The molecule has 0 saturated heterocycles. The zero-order valence-corrected chi connectivity index (χ0v) is 23.6. The van der Waals surface area contributed by atoms with E-state index < -0.39 is 0 Å². The summed E-state index contributed by atoms with van der Waals surface area (Å²) in [5.74, 6) is 0. The molecule has 0 N–H and O–H groups in total. The summed E-state index contributed by atoms with van der Waals surface area (Å²) < 4.78 is 1.48. The number of halogens is 3. The third-order valence-electron chi connectivity index (χ3n) is 6.49. The van der Waals surface area contributed by atoms with Crippen LogP contribution in [0, 0.1) is 20.8 Å². The summed E-state index contributed by atoms with van der Waals surface area (Å²) in [5, 5.41) is 0. The molecule has 4 heteroatoms.